The Hall–Kier alpha value is -2.04. The van der Waals surface area contributed by atoms with Gasteiger partial charge < -0.3 is 15.3 Å². The van der Waals surface area contributed by atoms with Crippen LogP contribution in [0.3, 0.4) is 0 Å². The summed E-state index contributed by atoms with van der Waals surface area (Å²) in [5, 5.41) is 9.83. The Bertz CT molecular complexity index is 590. The molecule has 0 spiro atoms. The lowest BCUT2D eigenvalue weighted by Crippen LogP contribution is -2.00. The van der Waals surface area contributed by atoms with E-state index in [1.165, 1.54) is 0 Å². The van der Waals surface area contributed by atoms with Crippen LogP contribution in [0.2, 0.25) is 0 Å². The standard InChI is InChI=1S/C12H13N3O2/c1-6-5-8-9(17-6)4-2-3-7-10(8)14-12(13)15-11(7)16/h5H,2-4H2,1H3,(H3,13,14,15,16). The van der Waals surface area contributed by atoms with E-state index in [0.717, 1.165) is 41.9 Å². The Kier molecular flexibility index (Phi) is 2.07. The van der Waals surface area contributed by atoms with E-state index in [1.54, 1.807) is 0 Å². The summed E-state index contributed by atoms with van der Waals surface area (Å²) in [4.78, 5) is 8.04. The monoisotopic (exact) mass is 231 g/mol. The fraction of sp³-hybridized carbons (Fsp3) is 0.333. The highest BCUT2D eigenvalue weighted by Gasteiger charge is 2.23. The van der Waals surface area contributed by atoms with Crippen LogP contribution in [-0.2, 0) is 12.8 Å². The van der Waals surface area contributed by atoms with Gasteiger partial charge in [-0.1, -0.05) is 0 Å². The molecule has 0 saturated carbocycles. The molecule has 5 heteroatoms. The molecule has 3 N–H and O–H groups in total. The molecule has 0 bridgehead atoms. The van der Waals surface area contributed by atoms with E-state index in [2.05, 4.69) is 9.97 Å². The molecule has 0 saturated heterocycles. The minimum atomic E-state index is -0.0146. The molecule has 17 heavy (non-hydrogen) atoms. The van der Waals surface area contributed by atoms with Gasteiger partial charge in [0.15, 0.2) is 0 Å². The molecule has 2 aromatic heterocycles. The molecular formula is C12H13N3O2. The summed E-state index contributed by atoms with van der Waals surface area (Å²) in [6, 6.07) is 1.94. The average Bonchev–Trinajstić information content (AvgIpc) is 2.54. The van der Waals surface area contributed by atoms with Crippen molar-refractivity contribution in [3.05, 3.63) is 23.2 Å². The highest BCUT2D eigenvalue weighted by molar-refractivity contribution is 5.69. The van der Waals surface area contributed by atoms with Gasteiger partial charge in [0.05, 0.1) is 5.69 Å². The number of rotatable bonds is 0. The van der Waals surface area contributed by atoms with E-state index in [1.807, 2.05) is 13.0 Å². The third kappa shape index (κ3) is 1.54. The Morgan fingerprint density at radius 3 is 3.00 bits per heavy atom. The smallest absolute Gasteiger partial charge is 0.223 e. The van der Waals surface area contributed by atoms with Crippen LogP contribution in [0.25, 0.3) is 11.3 Å². The number of hydrogen-bond donors (Lipinski definition) is 2. The molecule has 0 aromatic carbocycles. The maximum absolute atomic E-state index is 9.83. The Morgan fingerprint density at radius 2 is 2.18 bits per heavy atom. The largest absolute Gasteiger partial charge is 0.493 e. The summed E-state index contributed by atoms with van der Waals surface area (Å²) < 4.78 is 5.64. The maximum Gasteiger partial charge on any atom is 0.223 e. The van der Waals surface area contributed by atoms with Gasteiger partial charge in [0.2, 0.25) is 11.8 Å². The number of furan rings is 1. The van der Waals surface area contributed by atoms with E-state index >= 15 is 0 Å². The van der Waals surface area contributed by atoms with Crippen molar-refractivity contribution >= 4 is 5.95 Å². The van der Waals surface area contributed by atoms with Gasteiger partial charge >= 0.3 is 0 Å². The lowest BCUT2D eigenvalue weighted by Gasteiger charge is -2.06. The summed E-state index contributed by atoms with van der Waals surface area (Å²) >= 11 is 0. The number of anilines is 1. The second-order valence-electron chi connectivity index (χ2n) is 4.28. The van der Waals surface area contributed by atoms with Crippen LogP contribution in [0.4, 0.5) is 5.95 Å². The zero-order valence-corrected chi connectivity index (χ0v) is 9.53. The molecule has 0 unspecified atom stereocenters. The molecule has 0 atom stereocenters. The van der Waals surface area contributed by atoms with E-state index in [9.17, 15) is 5.11 Å². The fourth-order valence-corrected chi connectivity index (χ4v) is 2.32. The van der Waals surface area contributed by atoms with Crippen molar-refractivity contribution in [1.82, 2.24) is 9.97 Å². The highest BCUT2D eigenvalue weighted by Crippen LogP contribution is 2.36. The number of hydrogen-bond acceptors (Lipinski definition) is 5. The van der Waals surface area contributed by atoms with Crippen molar-refractivity contribution in [3.8, 4) is 17.1 Å². The number of nitrogen functional groups attached to an aromatic ring is 1. The molecule has 2 heterocycles. The van der Waals surface area contributed by atoms with Gasteiger partial charge in [0, 0.05) is 17.5 Å². The molecule has 88 valence electrons. The van der Waals surface area contributed by atoms with Crippen molar-refractivity contribution in [1.29, 1.82) is 0 Å². The van der Waals surface area contributed by atoms with Crippen molar-refractivity contribution in [2.24, 2.45) is 0 Å². The first kappa shape index (κ1) is 10.1. The number of aromatic nitrogens is 2. The third-order valence-corrected chi connectivity index (χ3v) is 3.02. The van der Waals surface area contributed by atoms with Gasteiger partial charge in [-0.05, 0) is 25.8 Å². The van der Waals surface area contributed by atoms with Crippen molar-refractivity contribution in [2.75, 3.05) is 5.73 Å². The predicted molar refractivity (Wildman–Crippen MR) is 62.6 cm³/mol. The Labute approximate surface area is 98.3 Å². The van der Waals surface area contributed by atoms with Gasteiger partial charge in [-0.3, -0.25) is 0 Å². The quantitative estimate of drug-likeness (QED) is 0.722. The van der Waals surface area contributed by atoms with E-state index < -0.39 is 0 Å². The van der Waals surface area contributed by atoms with Gasteiger partial charge in [-0.25, -0.2) is 4.98 Å². The topological polar surface area (TPSA) is 85.2 Å². The summed E-state index contributed by atoms with van der Waals surface area (Å²) in [6.45, 7) is 1.90. The summed E-state index contributed by atoms with van der Waals surface area (Å²) in [6.07, 6.45) is 2.50. The first-order chi connectivity index (χ1) is 8.15. The summed E-state index contributed by atoms with van der Waals surface area (Å²) in [5.41, 5.74) is 7.99. The maximum atomic E-state index is 9.83. The molecule has 2 aromatic rings. The molecule has 0 amide bonds. The third-order valence-electron chi connectivity index (χ3n) is 3.02. The molecular weight excluding hydrogens is 218 g/mol. The zero-order valence-electron chi connectivity index (χ0n) is 9.53. The number of fused-ring (bicyclic) bond motifs is 3. The van der Waals surface area contributed by atoms with E-state index in [0.29, 0.717) is 5.69 Å². The van der Waals surface area contributed by atoms with Crippen LogP contribution in [0, 0.1) is 6.92 Å². The predicted octanol–water partition coefficient (Wildman–Crippen LogP) is 1.82. The fourth-order valence-electron chi connectivity index (χ4n) is 2.32. The molecule has 5 nitrogen and oxygen atoms in total. The minimum absolute atomic E-state index is 0.0146. The van der Waals surface area contributed by atoms with Gasteiger partial charge in [0.25, 0.3) is 0 Å². The molecule has 0 aliphatic heterocycles. The second-order valence-corrected chi connectivity index (χ2v) is 4.28. The zero-order chi connectivity index (χ0) is 12.0. The van der Waals surface area contributed by atoms with Gasteiger partial charge in [-0.2, -0.15) is 4.98 Å². The first-order valence-corrected chi connectivity index (χ1v) is 5.60. The summed E-state index contributed by atoms with van der Waals surface area (Å²) in [5.74, 6) is 1.84. The van der Waals surface area contributed by atoms with Crippen molar-refractivity contribution in [3.63, 3.8) is 0 Å². The summed E-state index contributed by atoms with van der Waals surface area (Å²) in [7, 11) is 0. The lowest BCUT2D eigenvalue weighted by molar-refractivity contribution is 0.444. The lowest BCUT2D eigenvalue weighted by atomic mass is 10.1. The van der Waals surface area contributed by atoms with E-state index in [4.69, 9.17) is 10.2 Å². The van der Waals surface area contributed by atoms with Crippen LogP contribution in [0.1, 0.15) is 23.5 Å². The van der Waals surface area contributed by atoms with Crippen LogP contribution < -0.4 is 5.73 Å². The molecule has 0 radical (unpaired) electrons. The average molecular weight is 231 g/mol. The highest BCUT2D eigenvalue weighted by atomic mass is 16.3. The second kappa shape index (κ2) is 3.48. The number of aryl methyl sites for hydroxylation is 2. The van der Waals surface area contributed by atoms with Crippen LogP contribution in [0.5, 0.6) is 5.88 Å². The molecule has 0 fully saturated rings. The molecule has 3 rings (SSSR count). The van der Waals surface area contributed by atoms with Gasteiger partial charge in [0.1, 0.15) is 11.5 Å². The number of nitrogens with zero attached hydrogens (tertiary/aromatic N) is 2. The minimum Gasteiger partial charge on any atom is -0.493 e. The van der Waals surface area contributed by atoms with E-state index in [-0.39, 0.29) is 11.8 Å². The van der Waals surface area contributed by atoms with Crippen molar-refractivity contribution in [2.45, 2.75) is 26.2 Å². The van der Waals surface area contributed by atoms with Crippen LogP contribution in [0.15, 0.2) is 10.5 Å². The Morgan fingerprint density at radius 1 is 1.35 bits per heavy atom. The molecule has 1 aliphatic carbocycles. The number of nitrogens with two attached hydrogens (primary N) is 1. The Balaban J connectivity index is 2.31. The normalized spacial score (nSPS) is 13.9. The SMILES string of the molecule is Cc1cc2c(o1)CCCc1c(O)nc(N)nc1-2. The van der Waals surface area contributed by atoms with Crippen molar-refractivity contribution < 1.29 is 9.52 Å². The van der Waals surface area contributed by atoms with Crippen LogP contribution in [-0.4, -0.2) is 15.1 Å². The first-order valence-electron chi connectivity index (χ1n) is 5.60. The van der Waals surface area contributed by atoms with Crippen LogP contribution >= 0.6 is 0 Å². The number of aromatic hydroxyl groups is 1. The van der Waals surface area contributed by atoms with Gasteiger partial charge in [-0.15, -0.1) is 0 Å². The molecule has 1 aliphatic rings.